The molecule has 1 aromatic rings. The minimum absolute atomic E-state index is 0.208. The summed E-state index contributed by atoms with van der Waals surface area (Å²) in [5, 5.41) is 4.49. The molecule has 1 fully saturated rings. The van der Waals surface area contributed by atoms with Crippen molar-refractivity contribution in [2.45, 2.75) is 44.6 Å². The smallest absolute Gasteiger partial charge is 0.0642 e. The van der Waals surface area contributed by atoms with Crippen molar-refractivity contribution in [3.8, 4) is 0 Å². The summed E-state index contributed by atoms with van der Waals surface area (Å²) >= 11 is 0. The maximum Gasteiger partial charge on any atom is 0.0642 e. The average molecular weight is 193 g/mol. The second-order valence-corrected chi connectivity index (χ2v) is 4.49. The molecule has 1 aliphatic carbocycles. The zero-order chi connectivity index (χ0) is 10.1. The van der Waals surface area contributed by atoms with Gasteiger partial charge in [0.05, 0.1) is 5.69 Å². The molecule has 1 atom stereocenters. The standard InChI is InChI=1S/C11H19N3/c1-8(12)6-10-7-11(14(2)13-10)9-4-3-5-9/h7-9H,3-6,12H2,1-2H3. The number of hydrogen-bond donors (Lipinski definition) is 1. The highest BCUT2D eigenvalue weighted by Crippen LogP contribution is 2.36. The topological polar surface area (TPSA) is 43.8 Å². The molecule has 0 radical (unpaired) electrons. The van der Waals surface area contributed by atoms with Gasteiger partial charge in [-0.1, -0.05) is 6.42 Å². The van der Waals surface area contributed by atoms with Crippen molar-refractivity contribution in [1.82, 2.24) is 9.78 Å². The van der Waals surface area contributed by atoms with Crippen LogP contribution in [0.3, 0.4) is 0 Å². The van der Waals surface area contributed by atoms with E-state index in [9.17, 15) is 0 Å². The van der Waals surface area contributed by atoms with Gasteiger partial charge < -0.3 is 5.73 Å². The third-order valence-corrected chi connectivity index (χ3v) is 3.02. The highest BCUT2D eigenvalue weighted by molar-refractivity contribution is 5.17. The summed E-state index contributed by atoms with van der Waals surface area (Å²) in [6, 6.07) is 2.44. The van der Waals surface area contributed by atoms with Crippen molar-refractivity contribution in [2.75, 3.05) is 0 Å². The Morgan fingerprint density at radius 3 is 2.86 bits per heavy atom. The monoisotopic (exact) mass is 193 g/mol. The first kappa shape index (κ1) is 9.71. The van der Waals surface area contributed by atoms with Gasteiger partial charge in [0.2, 0.25) is 0 Å². The maximum absolute atomic E-state index is 5.76. The number of nitrogens with zero attached hydrogens (tertiary/aromatic N) is 2. The fraction of sp³-hybridized carbons (Fsp3) is 0.727. The summed E-state index contributed by atoms with van der Waals surface area (Å²) in [6.45, 7) is 2.03. The van der Waals surface area contributed by atoms with Gasteiger partial charge in [0.1, 0.15) is 0 Å². The van der Waals surface area contributed by atoms with Crippen molar-refractivity contribution >= 4 is 0 Å². The summed E-state index contributed by atoms with van der Waals surface area (Å²) in [6.07, 6.45) is 4.92. The Morgan fingerprint density at radius 2 is 2.36 bits per heavy atom. The Bertz CT molecular complexity index is 310. The molecule has 0 spiro atoms. The van der Waals surface area contributed by atoms with Crippen molar-refractivity contribution < 1.29 is 0 Å². The van der Waals surface area contributed by atoms with Gasteiger partial charge in [-0.15, -0.1) is 0 Å². The summed E-state index contributed by atoms with van der Waals surface area (Å²) < 4.78 is 2.03. The summed E-state index contributed by atoms with van der Waals surface area (Å²) in [5.74, 6) is 0.759. The fourth-order valence-electron chi connectivity index (χ4n) is 2.06. The molecule has 1 heterocycles. The van der Waals surface area contributed by atoms with Crippen molar-refractivity contribution in [1.29, 1.82) is 0 Å². The molecule has 0 saturated heterocycles. The maximum atomic E-state index is 5.76. The Hall–Kier alpha value is -0.830. The van der Waals surface area contributed by atoms with Gasteiger partial charge in [-0.25, -0.2) is 0 Å². The van der Waals surface area contributed by atoms with Crippen LogP contribution in [0.2, 0.25) is 0 Å². The fourth-order valence-corrected chi connectivity index (χ4v) is 2.06. The van der Waals surface area contributed by atoms with E-state index in [1.165, 1.54) is 25.0 Å². The van der Waals surface area contributed by atoms with Crippen molar-refractivity contribution in [2.24, 2.45) is 12.8 Å². The van der Waals surface area contributed by atoms with Gasteiger partial charge in [0, 0.05) is 31.1 Å². The summed E-state index contributed by atoms with van der Waals surface area (Å²) in [5.41, 5.74) is 8.30. The number of rotatable bonds is 3. The Morgan fingerprint density at radius 1 is 1.64 bits per heavy atom. The molecule has 2 N–H and O–H groups in total. The van der Waals surface area contributed by atoms with Crippen LogP contribution in [0.25, 0.3) is 0 Å². The number of aryl methyl sites for hydroxylation is 1. The molecule has 2 rings (SSSR count). The first-order valence-corrected chi connectivity index (χ1v) is 5.45. The Balaban J connectivity index is 2.12. The average Bonchev–Trinajstić information content (AvgIpc) is 2.27. The highest BCUT2D eigenvalue weighted by atomic mass is 15.3. The van der Waals surface area contributed by atoms with Gasteiger partial charge in [-0.3, -0.25) is 4.68 Å². The van der Waals surface area contributed by atoms with E-state index in [1.807, 2.05) is 18.7 Å². The number of hydrogen-bond acceptors (Lipinski definition) is 2. The molecular weight excluding hydrogens is 174 g/mol. The van der Waals surface area contributed by atoms with Crippen LogP contribution >= 0.6 is 0 Å². The second kappa shape index (κ2) is 3.73. The van der Waals surface area contributed by atoms with Crippen LogP contribution in [-0.4, -0.2) is 15.8 Å². The minimum Gasteiger partial charge on any atom is -0.328 e. The number of aromatic nitrogens is 2. The van der Waals surface area contributed by atoms with Crippen LogP contribution in [0.4, 0.5) is 0 Å². The predicted molar refractivity (Wildman–Crippen MR) is 57.2 cm³/mol. The van der Waals surface area contributed by atoms with Gasteiger partial charge in [0.15, 0.2) is 0 Å². The molecule has 1 aromatic heterocycles. The van der Waals surface area contributed by atoms with E-state index in [0.717, 1.165) is 18.0 Å². The molecular formula is C11H19N3. The van der Waals surface area contributed by atoms with E-state index in [4.69, 9.17) is 5.73 Å². The zero-order valence-corrected chi connectivity index (χ0v) is 9.03. The third kappa shape index (κ3) is 1.82. The molecule has 78 valence electrons. The van der Waals surface area contributed by atoms with Crippen molar-refractivity contribution in [3.63, 3.8) is 0 Å². The number of nitrogens with two attached hydrogens (primary N) is 1. The first-order chi connectivity index (χ1) is 6.66. The lowest BCUT2D eigenvalue weighted by Gasteiger charge is -2.25. The van der Waals surface area contributed by atoms with E-state index in [0.29, 0.717) is 0 Å². The van der Waals surface area contributed by atoms with Crippen LogP contribution in [0.5, 0.6) is 0 Å². The lowest BCUT2D eigenvalue weighted by atomic mass is 9.83. The lowest BCUT2D eigenvalue weighted by molar-refractivity contribution is 0.397. The van der Waals surface area contributed by atoms with Gasteiger partial charge >= 0.3 is 0 Å². The Labute approximate surface area is 85.3 Å². The van der Waals surface area contributed by atoms with Crippen LogP contribution < -0.4 is 5.73 Å². The first-order valence-electron chi connectivity index (χ1n) is 5.45. The largest absolute Gasteiger partial charge is 0.328 e. The van der Waals surface area contributed by atoms with Gasteiger partial charge in [-0.05, 0) is 25.8 Å². The van der Waals surface area contributed by atoms with Crippen LogP contribution in [0, 0.1) is 0 Å². The molecule has 3 heteroatoms. The molecule has 3 nitrogen and oxygen atoms in total. The molecule has 1 saturated carbocycles. The highest BCUT2D eigenvalue weighted by Gasteiger charge is 2.23. The molecule has 14 heavy (non-hydrogen) atoms. The van der Waals surface area contributed by atoms with Gasteiger partial charge in [0.25, 0.3) is 0 Å². The quantitative estimate of drug-likeness (QED) is 0.792. The normalized spacial score (nSPS) is 19.4. The third-order valence-electron chi connectivity index (χ3n) is 3.02. The van der Waals surface area contributed by atoms with Gasteiger partial charge in [-0.2, -0.15) is 5.10 Å². The molecule has 1 aliphatic rings. The van der Waals surface area contributed by atoms with E-state index < -0.39 is 0 Å². The molecule has 0 amide bonds. The van der Waals surface area contributed by atoms with Crippen LogP contribution in [-0.2, 0) is 13.5 Å². The van der Waals surface area contributed by atoms with Crippen molar-refractivity contribution in [3.05, 3.63) is 17.5 Å². The molecule has 0 aliphatic heterocycles. The summed E-state index contributed by atoms with van der Waals surface area (Å²) in [4.78, 5) is 0. The molecule has 0 bridgehead atoms. The molecule has 1 unspecified atom stereocenters. The van der Waals surface area contributed by atoms with Crippen LogP contribution in [0.15, 0.2) is 6.07 Å². The predicted octanol–water partition coefficient (Wildman–Crippen LogP) is 1.58. The Kier molecular flexibility index (Phi) is 2.59. The van der Waals surface area contributed by atoms with E-state index >= 15 is 0 Å². The molecule has 0 aromatic carbocycles. The lowest BCUT2D eigenvalue weighted by Crippen LogP contribution is -2.18. The minimum atomic E-state index is 0.208. The SMILES string of the molecule is CC(N)Cc1cc(C2CCC2)n(C)n1. The van der Waals surface area contributed by atoms with E-state index in [1.54, 1.807) is 0 Å². The van der Waals surface area contributed by atoms with E-state index in [2.05, 4.69) is 11.2 Å². The van der Waals surface area contributed by atoms with E-state index in [-0.39, 0.29) is 6.04 Å². The second-order valence-electron chi connectivity index (χ2n) is 4.49. The summed E-state index contributed by atoms with van der Waals surface area (Å²) in [7, 11) is 2.04. The zero-order valence-electron chi connectivity index (χ0n) is 9.03. The van der Waals surface area contributed by atoms with Crippen LogP contribution in [0.1, 0.15) is 43.5 Å².